The van der Waals surface area contributed by atoms with E-state index in [1.54, 1.807) is 12.1 Å². The van der Waals surface area contributed by atoms with Gasteiger partial charge in [-0.2, -0.15) is 4.98 Å². The molecule has 3 rings (SSSR count). The molecule has 0 spiro atoms. The van der Waals surface area contributed by atoms with E-state index in [0.29, 0.717) is 24.2 Å². The average Bonchev–Trinajstić information content (AvgIpc) is 3.06. The lowest BCUT2D eigenvalue weighted by Crippen LogP contribution is -2.12. The maximum atomic E-state index is 10.9. The number of rotatable bonds is 5. The molecule has 7 nitrogen and oxygen atoms in total. The minimum absolute atomic E-state index is 0.0431. The molecule has 1 aromatic carbocycles. The van der Waals surface area contributed by atoms with E-state index in [0.717, 1.165) is 25.9 Å². The van der Waals surface area contributed by atoms with Crippen LogP contribution in [-0.4, -0.2) is 29.2 Å². The predicted octanol–water partition coefficient (Wildman–Crippen LogP) is 2.72. The second-order valence-corrected chi connectivity index (χ2v) is 4.75. The summed E-state index contributed by atoms with van der Waals surface area (Å²) in [6.07, 6.45) is 3.36. The molecule has 0 saturated carbocycles. The van der Waals surface area contributed by atoms with Gasteiger partial charge in [-0.1, -0.05) is 6.07 Å². The third kappa shape index (κ3) is 2.57. The van der Waals surface area contributed by atoms with Gasteiger partial charge < -0.3 is 14.5 Å². The minimum atomic E-state index is -0.457. The van der Waals surface area contributed by atoms with Crippen LogP contribution >= 0.6 is 0 Å². The number of para-hydroxylation sites is 1. The van der Waals surface area contributed by atoms with Gasteiger partial charge in [0, 0.05) is 19.2 Å². The molecule has 20 heavy (non-hydrogen) atoms. The number of hydrogen-bond donors (Lipinski definition) is 1. The Morgan fingerprint density at radius 1 is 1.50 bits per heavy atom. The van der Waals surface area contributed by atoms with E-state index < -0.39 is 4.92 Å². The number of nitrogens with one attached hydrogen (secondary N) is 1. The van der Waals surface area contributed by atoms with Crippen molar-refractivity contribution in [1.82, 2.24) is 4.98 Å². The van der Waals surface area contributed by atoms with E-state index in [1.807, 2.05) is 0 Å². The first kappa shape index (κ1) is 12.9. The SMILES string of the molecule is O=[N+]([O-])c1cccc2oc(NCCC3CCCO3)nc12. The molecule has 1 aliphatic rings. The van der Waals surface area contributed by atoms with Crippen molar-refractivity contribution in [3.8, 4) is 0 Å². The van der Waals surface area contributed by atoms with E-state index in [-0.39, 0.29) is 11.2 Å². The highest BCUT2D eigenvalue weighted by Gasteiger charge is 2.18. The highest BCUT2D eigenvalue weighted by Crippen LogP contribution is 2.27. The first-order valence-electron chi connectivity index (χ1n) is 6.63. The van der Waals surface area contributed by atoms with Gasteiger partial charge in [0.1, 0.15) is 0 Å². The summed E-state index contributed by atoms with van der Waals surface area (Å²) in [6, 6.07) is 4.98. The third-order valence-electron chi connectivity index (χ3n) is 3.36. The highest BCUT2D eigenvalue weighted by atomic mass is 16.6. The molecule has 7 heteroatoms. The molecule has 0 amide bonds. The van der Waals surface area contributed by atoms with Crippen molar-refractivity contribution in [1.29, 1.82) is 0 Å². The smallest absolute Gasteiger partial charge is 0.298 e. The Kier molecular flexibility index (Phi) is 3.51. The topological polar surface area (TPSA) is 90.4 Å². The third-order valence-corrected chi connectivity index (χ3v) is 3.36. The van der Waals surface area contributed by atoms with Gasteiger partial charge in [-0.15, -0.1) is 0 Å². The Labute approximate surface area is 115 Å². The number of nitro groups is 1. The van der Waals surface area contributed by atoms with Gasteiger partial charge in [-0.25, -0.2) is 0 Å². The summed E-state index contributed by atoms with van der Waals surface area (Å²) in [5.74, 6) is 0. The van der Waals surface area contributed by atoms with Crippen molar-refractivity contribution in [2.75, 3.05) is 18.5 Å². The van der Waals surface area contributed by atoms with E-state index in [4.69, 9.17) is 9.15 Å². The van der Waals surface area contributed by atoms with Crippen LogP contribution in [0.25, 0.3) is 11.1 Å². The Bertz CT molecular complexity index is 619. The van der Waals surface area contributed by atoms with E-state index >= 15 is 0 Å². The Morgan fingerprint density at radius 2 is 2.40 bits per heavy atom. The number of aromatic nitrogens is 1. The van der Waals surface area contributed by atoms with Crippen molar-refractivity contribution in [3.63, 3.8) is 0 Å². The van der Waals surface area contributed by atoms with Crippen LogP contribution in [0.4, 0.5) is 11.7 Å². The number of nitro benzene ring substituents is 1. The highest BCUT2D eigenvalue weighted by molar-refractivity contribution is 5.83. The molecular weight excluding hydrogens is 262 g/mol. The fourth-order valence-corrected chi connectivity index (χ4v) is 2.37. The standard InChI is InChI=1S/C13H15N3O4/c17-16(18)10-4-1-5-11-12(10)15-13(20-11)14-7-6-9-3-2-8-19-9/h1,4-5,9H,2-3,6-8H2,(H,14,15). The van der Waals surface area contributed by atoms with Gasteiger partial charge in [0.05, 0.1) is 11.0 Å². The van der Waals surface area contributed by atoms with E-state index in [2.05, 4.69) is 10.3 Å². The number of anilines is 1. The molecule has 2 aromatic rings. The first-order chi connectivity index (χ1) is 9.74. The summed E-state index contributed by atoms with van der Waals surface area (Å²) in [7, 11) is 0. The summed E-state index contributed by atoms with van der Waals surface area (Å²) in [5, 5.41) is 13.9. The fourth-order valence-electron chi connectivity index (χ4n) is 2.37. The molecule has 106 valence electrons. The molecule has 1 saturated heterocycles. The van der Waals surface area contributed by atoms with Gasteiger partial charge >= 0.3 is 0 Å². The van der Waals surface area contributed by atoms with Crippen molar-refractivity contribution in [2.24, 2.45) is 0 Å². The molecule has 2 heterocycles. The number of benzene rings is 1. The Hall–Kier alpha value is -2.15. The number of fused-ring (bicyclic) bond motifs is 1. The predicted molar refractivity (Wildman–Crippen MR) is 72.7 cm³/mol. The lowest BCUT2D eigenvalue weighted by molar-refractivity contribution is -0.383. The summed E-state index contributed by atoms with van der Waals surface area (Å²) in [5.41, 5.74) is 0.648. The molecule has 1 aromatic heterocycles. The van der Waals surface area contributed by atoms with Crippen LogP contribution in [0.3, 0.4) is 0 Å². The lowest BCUT2D eigenvalue weighted by atomic mass is 10.2. The maximum absolute atomic E-state index is 10.9. The molecule has 1 aliphatic heterocycles. The molecule has 1 unspecified atom stereocenters. The molecule has 1 atom stereocenters. The fraction of sp³-hybridized carbons (Fsp3) is 0.462. The average molecular weight is 277 g/mol. The van der Waals surface area contributed by atoms with Gasteiger partial charge in [-0.05, 0) is 25.3 Å². The van der Waals surface area contributed by atoms with E-state index in [9.17, 15) is 10.1 Å². The number of non-ortho nitro benzene ring substituents is 1. The van der Waals surface area contributed by atoms with Crippen LogP contribution in [0.15, 0.2) is 22.6 Å². The van der Waals surface area contributed by atoms with Crippen LogP contribution < -0.4 is 5.32 Å². The zero-order chi connectivity index (χ0) is 13.9. The molecule has 1 fully saturated rings. The van der Waals surface area contributed by atoms with Crippen molar-refractivity contribution < 1.29 is 14.1 Å². The second-order valence-electron chi connectivity index (χ2n) is 4.75. The van der Waals surface area contributed by atoms with Crippen LogP contribution in [0, 0.1) is 10.1 Å². The Balaban J connectivity index is 1.69. The summed E-state index contributed by atoms with van der Waals surface area (Å²) in [4.78, 5) is 14.6. The molecule has 0 radical (unpaired) electrons. The summed E-state index contributed by atoms with van der Waals surface area (Å²) >= 11 is 0. The van der Waals surface area contributed by atoms with Gasteiger partial charge in [0.2, 0.25) is 0 Å². The number of ether oxygens (including phenoxy) is 1. The summed E-state index contributed by atoms with van der Waals surface area (Å²) in [6.45, 7) is 1.50. The van der Waals surface area contributed by atoms with Crippen LogP contribution in [0.5, 0.6) is 0 Å². The van der Waals surface area contributed by atoms with Crippen LogP contribution in [0.2, 0.25) is 0 Å². The van der Waals surface area contributed by atoms with Crippen LogP contribution in [-0.2, 0) is 4.74 Å². The maximum Gasteiger partial charge on any atom is 0.298 e. The number of nitrogens with zero attached hydrogens (tertiary/aromatic N) is 2. The second kappa shape index (κ2) is 5.46. The van der Waals surface area contributed by atoms with E-state index in [1.165, 1.54) is 6.07 Å². The summed E-state index contributed by atoms with van der Waals surface area (Å²) < 4.78 is 11.0. The molecule has 0 bridgehead atoms. The van der Waals surface area contributed by atoms with Gasteiger partial charge in [0.15, 0.2) is 11.1 Å². The minimum Gasteiger partial charge on any atom is -0.423 e. The molecule has 1 N–H and O–H groups in total. The molecular formula is C13H15N3O4. The monoisotopic (exact) mass is 277 g/mol. The quantitative estimate of drug-likeness (QED) is 0.667. The molecule has 0 aliphatic carbocycles. The number of hydrogen-bond acceptors (Lipinski definition) is 6. The van der Waals surface area contributed by atoms with Crippen molar-refractivity contribution in [2.45, 2.75) is 25.4 Å². The van der Waals surface area contributed by atoms with Gasteiger partial charge in [0.25, 0.3) is 11.7 Å². The lowest BCUT2D eigenvalue weighted by Gasteiger charge is -2.08. The Morgan fingerprint density at radius 3 is 3.15 bits per heavy atom. The zero-order valence-electron chi connectivity index (χ0n) is 10.9. The first-order valence-corrected chi connectivity index (χ1v) is 6.63. The normalized spacial score (nSPS) is 18.5. The number of oxazole rings is 1. The van der Waals surface area contributed by atoms with Crippen molar-refractivity contribution in [3.05, 3.63) is 28.3 Å². The van der Waals surface area contributed by atoms with Gasteiger partial charge in [-0.3, -0.25) is 10.1 Å². The van der Waals surface area contributed by atoms with Crippen molar-refractivity contribution >= 4 is 22.8 Å². The largest absolute Gasteiger partial charge is 0.423 e. The zero-order valence-corrected chi connectivity index (χ0v) is 10.9. The van der Waals surface area contributed by atoms with Crippen LogP contribution in [0.1, 0.15) is 19.3 Å².